The van der Waals surface area contributed by atoms with Crippen LogP contribution in [0, 0.1) is 11.8 Å². The van der Waals surface area contributed by atoms with Gasteiger partial charge in [-0.3, -0.25) is 14.9 Å². The number of hydrogen-bond acceptors (Lipinski definition) is 3. The van der Waals surface area contributed by atoms with E-state index in [0.29, 0.717) is 30.6 Å². The number of fused-ring (bicyclic) bond motifs is 1. The molecule has 2 amide bonds. The van der Waals surface area contributed by atoms with Gasteiger partial charge in [-0.15, -0.1) is 0 Å². The highest BCUT2D eigenvalue weighted by Crippen LogP contribution is 2.26. The smallest absolute Gasteiger partial charge is 0.249 e. The Hall–Kier alpha value is -2.37. The summed E-state index contributed by atoms with van der Waals surface area (Å²) in [5.41, 5.74) is 1.67. The van der Waals surface area contributed by atoms with E-state index in [1.807, 2.05) is 24.3 Å². The number of imidazole rings is 1. The van der Waals surface area contributed by atoms with Gasteiger partial charge in [0.25, 0.3) is 0 Å². The molecule has 1 fully saturated rings. The zero-order valence-electron chi connectivity index (χ0n) is 16.3. The van der Waals surface area contributed by atoms with Gasteiger partial charge < -0.3 is 10.3 Å². The number of H-pyrrole nitrogens is 1. The molecule has 1 aromatic carbocycles. The predicted molar refractivity (Wildman–Crippen MR) is 107 cm³/mol. The van der Waals surface area contributed by atoms with Crippen LogP contribution >= 0.6 is 0 Å². The molecule has 3 N–H and O–H groups in total. The van der Waals surface area contributed by atoms with Crippen LogP contribution in [0.4, 0.5) is 5.95 Å². The topological polar surface area (TPSA) is 86.9 Å². The van der Waals surface area contributed by atoms with Crippen LogP contribution in [-0.4, -0.2) is 27.8 Å². The molecule has 0 radical (unpaired) electrons. The highest BCUT2D eigenvalue weighted by molar-refractivity contribution is 5.97. The fourth-order valence-corrected chi connectivity index (χ4v) is 3.83. The molecule has 146 valence electrons. The summed E-state index contributed by atoms with van der Waals surface area (Å²) in [4.78, 5) is 32.7. The normalized spacial score (nSPS) is 16.4. The van der Waals surface area contributed by atoms with Gasteiger partial charge in [-0.1, -0.05) is 45.2 Å². The first-order chi connectivity index (χ1) is 13.0. The second-order valence-corrected chi connectivity index (χ2v) is 8.05. The Morgan fingerprint density at radius 3 is 2.63 bits per heavy atom. The van der Waals surface area contributed by atoms with E-state index < -0.39 is 6.04 Å². The number of hydrogen-bond donors (Lipinski definition) is 3. The maximum Gasteiger partial charge on any atom is 0.249 e. The Bertz CT molecular complexity index is 744. The van der Waals surface area contributed by atoms with E-state index in [9.17, 15) is 9.59 Å². The van der Waals surface area contributed by atoms with Crippen molar-refractivity contribution < 1.29 is 9.59 Å². The number of aromatic amines is 1. The van der Waals surface area contributed by atoms with Crippen LogP contribution in [-0.2, 0) is 9.59 Å². The summed E-state index contributed by atoms with van der Waals surface area (Å²) in [7, 11) is 0. The first kappa shape index (κ1) is 19.4. The Balaban J connectivity index is 1.61. The number of para-hydroxylation sites is 2. The molecule has 2 aromatic rings. The molecule has 1 unspecified atom stereocenters. The predicted octanol–water partition coefficient (Wildman–Crippen LogP) is 4.00. The van der Waals surface area contributed by atoms with Crippen molar-refractivity contribution >= 4 is 28.8 Å². The summed E-state index contributed by atoms with van der Waals surface area (Å²) in [5, 5.41) is 5.78. The van der Waals surface area contributed by atoms with Crippen LogP contribution in [0.2, 0.25) is 0 Å². The van der Waals surface area contributed by atoms with E-state index in [4.69, 9.17) is 0 Å². The van der Waals surface area contributed by atoms with Crippen molar-refractivity contribution in [3.8, 4) is 0 Å². The van der Waals surface area contributed by atoms with Crippen LogP contribution in [0.25, 0.3) is 11.0 Å². The Morgan fingerprint density at radius 2 is 1.93 bits per heavy atom. The molecule has 1 aromatic heterocycles. The van der Waals surface area contributed by atoms with Crippen molar-refractivity contribution in [2.45, 2.75) is 64.8 Å². The molecular weight excluding hydrogens is 340 g/mol. The minimum Gasteiger partial charge on any atom is -0.344 e. The van der Waals surface area contributed by atoms with Crippen LogP contribution in [0.3, 0.4) is 0 Å². The lowest BCUT2D eigenvalue weighted by Crippen LogP contribution is -2.45. The second-order valence-electron chi connectivity index (χ2n) is 8.05. The number of amides is 2. The van der Waals surface area contributed by atoms with E-state index in [2.05, 4.69) is 34.4 Å². The van der Waals surface area contributed by atoms with E-state index in [1.54, 1.807) is 0 Å². The molecule has 6 nitrogen and oxygen atoms in total. The molecule has 0 bridgehead atoms. The van der Waals surface area contributed by atoms with Crippen LogP contribution < -0.4 is 10.6 Å². The summed E-state index contributed by atoms with van der Waals surface area (Å²) >= 11 is 0. The minimum absolute atomic E-state index is 0.0210. The lowest BCUT2D eigenvalue weighted by Gasteiger charge is -2.23. The van der Waals surface area contributed by atoms with Gasteiger partial charge >= 0.3 is 0 Å². The minimum atomic E-state index is -0.547. The van der Waals surface area contributed by atoms with Gasteiger partial charge in [0.05, 0.1) is 11.0 Å². The molecule has 1 atom stereocenters. The molecule has 1 heterocycles. The highest BCUT2D eigenvalue weighted by atomic mass is 16.2. The number of carbonyl (C=O) groups excluding carboxylic acids is 2. The number of carbonyl (C=O) groups is 2. The van der Waals surface area contributed by atoms with Gasteiger partial charge in [0.1, 0.15) is 6.04 Å². The van der Waals surface area contributed by atoms with E-state index in [1.165, 1.54) is 19.3 Å². The number of rotatable bonds is 7. The van der Waals surface area contributed by atoms with Crippen molar-refractivity contribution in [2.75, 3.05) is 5.32 Å². The van der Waals surface area contributed by atoms with E-state index >= 15 is 0 Å². The lowest BCUT2D eigenvalue weighted by molar-refractivity contribution is -0.127. The lowest BCUT2D eigenvalue weighted by atomic mass is 9.86. The van der Waals surface area contributed by atoms with Gasteiger partial charge in [0, 0.05) is 6.42 Å². The fraction of sp³-hybridized carbons (Fsp3) is 0.571. The molecule has 1 aliphatic rings. The van der Waals surface area contributed by atoms with Gasteiger partial charge in [-0.25, -0.2) is 4.98 Å². The molecule has 0 aliphatic heterocycles. The Kier molecular flexibility index (Phi) is 6.48. The monoisotopic (exact) mass is 370 g/mol. The number of benzene rings is 1. The zero-order chi connectivity index (χ0) is 19.2. The third kappa shape index (κ3) is 5.55. The number of nitrogens with zero attached hydrogens (tertiary/aromatic N) is 1. The molecular formula is C21H30N4O2. The van der Waals surface area contributed by atoms with Crippen LogP contribution in [0.1, 0.15) is 58.8 Å². The molecule has 0 saturated heterocycles. The van der Waals surface area contributed by atoms with Crippen molar-refractivity contribution in [3.63, 3.8) is 0 Å². The maximum atomic E-state index is 12.8. The first-order valence-corrected chi connectivity index (χ1v) is 10.1. The second kappa shape index (κ2) is 9.02. The summed E-state index contributed by atoms with van der Waals surface area (Å²) in [5.74, 6) is 0.923. The summed E-state index contributed by atoms with van der Waals surface area (Å²) < 4.78 is 0. The number of anilines is 1. The largest absolute Gasteiger partial charge is 0.344 e. The third-order valence-corrected chi connectivity index (χ3v) is 5.19. The average molecular weight is 370 g/mol. The molecule has 3 rings (SSSR count). The van der Waals surface area contributed by atoms with Crippen molar-refractivity contribution in [2.24, 2.45) is 11.8 Å². The SMILES string of the molecule is CC(C)CC(NC(=O)CC1CCCCC1)C(=O)Nc1nc2ccccc2[nH]1. The Morgan fingerprint density at radius 1 is 1.19 bits per heavy atom. The van der Waals surface area contributed by atoms with Crippen LogP contribution in [0.5, 0.6) is 0 Å². The maximum absolute atomic E-state index is 12.8. The third-order valence-electron chi connectivity index (χ3n) is 5.19. The van der Waals surface area contributed by atoms with Gasteiger partial charge in [0.15, 0.2) is 0 Å². The van der Waals surface area contributed by atoms with Crippen LogP contribution in [0.15, 0.2) is 24.3 Å². The Labute approximate surface area is 160 Å². The van der Waals surface area contributed by atoms with Crippen molar-refractivity contribution in [1.29, 1.82) is 0 Å². The van der Waals surface area contributed by atoms with Crippen molar-refractivity contribution in [1.82, 2.24) is 15.3 Å². The molecule has 27 heavy (non-hydrogen) atoms. The molecule has 1 aliphatic carbocycles. The summed E-state index contributed by atoms with van der Waals surface area (Å²) in [6.07, 6.45) is 7.05. The van der Waals surface area contributed by atoms with E-state index in [-0.39, 0.29) is 11.8 Å². The standard InChI is InChI=1S/C21H30N4O2/c1-14(2)12-18(22-19(26)13-15-8-4-3-5-9-15)20(27)25-21-23-16-10-6-7-11-17(16)24-21/h6-7,10-11,14-15,18H,3-5,8-9,12-13H2,1-2H3,(H,22,26)(H2,23,24,25,27). The molecule has 6 heteroatoms. The van der Waals surface area contributed by atoms with Gasteiger partial charge in [-0.2, -0.15) is 0 Å². The van der Waals surface area contributed by atoms with Gasteiger partial charge in [0.2, 0.25) is 17.8 Å². The first-order valence-electron chi connectivity index (χ1n) is 10.1. The zero-order valence-corrected chi connectivity index (χ0v) is 16.3. The highest BCUT2D eigenvalue weighted by Gasteiger charge is 2.25. The molecule has 0 spiro atoms. The quantitative estimate of drug-likeness (QED) is 0.688. The summed E-state index contributed by atoms with van der Waals surface area (Å²) in [6, 6.07) is 7.07. The van der Waals surface area contributed by atoms with Gasteiger partial charge in [-0.05, 0) is 43.2 Å². The number of aromatic nitrogens is 2. The van der Waals surface area contributed by atoms with Crippen molar-refractivity contribution in [3.05, 3.63) is 24.3 Å². The average Bonchev–Trinajstić information content (AvgIpc) is 3.03. The molecule has 1 saturated carbocycles. The summed E-state index contributed by atoms with van der Waals surface area (Å²) in [6.45, 7) is 4.10. The van der Waals surface area contributed by atoms with E-state index in [0.717, 1.165) is 23.9 Å². The fourth-order valence-electron chi connectivity index (χ4n) is 3.83. The number of nitrogens with one attached hydrogen (secondary N) is 3.